The van der Waals surface area contributed by atoms with Gasteiger partial charge in [0, 0.05) is 13.1 Å². The molecule has 2 heterocycles. The summed E-state index contributed by atoms with van der Waals surface area (Å²) in [5, 5.41) is 19.5. The molecule has 1 aromatic rings. The fourth-order valence-corrected chi connectivity index (χ4v) is 2.83. The van der Waals surface area contributed by atoms with Crippen LogP contribution in [0.1, 0.15) is 22.3 Å². The number of hydrogen-bond donors (Lipinski definition) is 2. The number of anilines is 1. The molecule has 1 aromatic heterocycles. The van der Waals surface area contributed by atoms with Gasteiger partial charge in [-0.2, -0.15) is 0 Å². The number of hydrogen-bond acceptors (Lipinski definition) is 6. The number of aromatic carboxylic acids is 1. The third-order valence-corrected chi connectivity index (χ3v) is 4.05. The van der Waals surface area contributed by atoms with Crippen LogP contribution >= 0.6 is 11.3 Å². The Kier molecular flexibility index (Phi) is 3.32. The minimum atomic E-state index is -0.965. The molecule has 0 aromatic carbocycles. The molecule has 6 nitrogen and oxygen atoms in total. The maximum absolute atomic E-state index is 10.9. The molecule has 1 atom stereocenters. The van der Waals surface area contributed by atoms with Crippen LogP contribution in [0, 0.1) is 6.92 Å². The van der Waals surface area contributed by atoms with Crippen LogP contribution in [0.2, 0.25) is 0 Å². The van der Waals surface area contributed by atoms with Crippen LogP contribution in [0.4, 0.5) is 5.13 Å². The van der Waals surface area contributed by atoms with Crippen molar-refractivity contribution < 1.29 is 15.0 Å². The molecule has 1 saturated heterocycles. The molecule has 1 aliphatic rings. The summed E-state index contributed by atoms with van der Waals surface area (Å²) in [6, 6.07) is 0. The third-order valence-electron chi connectivity index (χ3n) is 2.86. The highest BCUT2D eigenvalue weighted by Gasteiger charge is 2.31. The normalized spacial score (nSPS) is 21.1. The molecule has 0 radical (unpaired) electrons. The Hall–Kier alpha value is -1.18. The van der Waals surface area contributed by atoms with Crippen molar-refractivity contribution in [3.05, 3.63) is 10.6 Å². The van der Waals surface area contributed by atoms with Crippen molar-refractivity contribution in [2.24, 2.45) is 0 Å². The molecular weight excluding hydrogens is 242 g/mol. The summed E-state index contributed by atoms with van der Waals surface area (Å²) < 4.78 is 0. The van der Waals surface area contributed by atoms with Gasteiger partial charge in [-0.3, -0.25) is 4.90 Å². The maximum Gasteiger partial charge on any atom is 0.347 e. The Labute approximate surface area is 103 Å². The van der Waals surface area contributed by atoms with Gasteiger partial charge in [-0.15, -0.1) is 0 Å². The van der Waals surface area contributed by atoms with E-state index >= 15 is 0 Å². The number of carboxylic acids is 1. The number of nitrogens with zero attached hydrogens (tertiary/aromatic N) is 3. The monoisotopic (exact) mass is 257 g/mol. The van der Waals surface area contributed by atoms with E-state index in [0.29, 0.717) is 17.4 Å². The van der Waals surface area contributed by atoms with Crippen molar-refractivity contribution in [1.82, 2.24) is 9.88 Å². The summed E-state index contributed by atoms with van der Waals surface area (Å²) in [5.74, 6) is -0.965. The lowest BCUT2D eigenvalue weighted by molar-refractivity contribution is 0.0437. The van der Waals surface area contributed by atoms with Crippen molar-refractivity contribution in [3.63, 3.8) is 0 Å². The molecule has 17 heavy (non-hydrogen) atoms. The molecule has 0 amide bonds. The molecule has 0 saturated carbocycles. The molecule has 7 heteroatoms. The minimum Gasteiger partial charge on any atom is -0.477 e. The average molecular weight is 257 g/mol. The Morgan fingerprint density at radius 1 is 1.59 bits per heavy atom. The minimum absolute atomic E-state index is 0.238. The second-order valence-corrected chi connectivity index (χ2v) is 4.86. The third kappa shape index (κ3) is 2.13. The van der Waals surface area contributed by atoms with E-state index in [1.807, 2.05) is 11.8 Å². The molecule has 1 aliphatic heterocycles. The summed E-state index contributed by atoms with van der Waals surface area (Å²) in [4.78, 5) is 19.0. The molecule has 0 aliphatic carbocycles. The van der Waals surface area contributed by atoms with E-state index in [1.54, 1.807) is 11.8 Å². The van der Waals surface area contributed by atoms with E-state index in [4.69, 9.17) is 5.11 Å². The van der Waals surface area contributed by atoms with Gasteiger partial charge in [0.15, 0.2) is 11.5 Å². The van der Waals surface area contributed by atoms with E-state index in [0.717, 1.165) is 24.4 Å². The smallest absolute Gasteiger partial charge is 0.347 e. The largest absolute Gasteiger partial charge is 0.477 e. The zero-order valence-corrected chi connectivity index (χ0v) is 10.6. The Balaban J connectivity index is 2.24. The van der Waals surface area contributed by atoms with Gasteiger partial charge < -0.3 is 15.1 Å². The SMILES string of the molecule is CCN1CCN(c2nc(C)c(C(=O)O)s2)C1O. The number of aromatic nitrogens is 1. The number of aryl methyl sites for hydroxylation is 1. The summed E-state index contributed by atoms with van der Waals surface area (Å²) >= 11 is 1.11. The summed E-state index contributed by atoms with van der Waals surface area (Å²) in [7, 11) is 0. The molecule has 0 spiro atoms. The van der Waals surface area contributed by atoms with Crippen LogP contribution in [0.3, 0.4) is 0 Å². The van der Waals surface area contributed by atoms with Crippen LogP contribution in [0.25, 0.3) is 0 Å². The lowest BCUT2D eigenvalue weighted by Crippen LogP contribution is -2.38. The van der Waals surface area contributed by atoms with E-state index in [1.165, 1.54) is 0 Å². The molecule has 1 fully saturated rings. The highest BCUT2D eigenvalue weighted by Crippen LogP contribution is 2.29. The first kappa shape index (κ1) is 12.3. The number of thiazole rings is 1. The zero-order chi connectivity index (χ0) is 12.6. The van der Waals surface area contributed by atoms with Crippen LogP contribution in [-0.4, -0.2) is 52.1 Å². The van der Waals surface area contributed by atoms with E-state index < -0.39 is 12.3 Å². The van der Waals surface area contributed by atoms with Crippen LogP contribution in [-0.2, 0) is 0 Å². The van der Waals surface area contributed by atoms with Gasteiger partial charge in [0.2, 0.25) is 0 Å². The molecule has 2 N–H and O–H groups in total. The molecule has 94 valence electrons. The first-order valence-electron chi connectivity index (χ1n) is 5.44. The van der Waals surface area contributed by atoms with Gasteiger partial charge in [0.25, 0.3) is 0 Å². The molecular formula is C10H15N3O3S. The standard InChI is InChI=1S/C10H15N3O3S/c1-3-12-4-5-13(10(12)16)9-11-6(2)7(17-9)8(14)15/h10,16H,3-5H2,1-2H3,(H,14,15). The van der Waals surface area contributed by atoms with Gasteiger partial charge in [-0.05, 0) is 13.5 Å². The maximum atomic E-state index is 10.9. The van der Waals surface area contributed by atoms with Crippen molar-refractivity contribution >= 4 is 22.4 Å². The lowest BCUT2D eigenvalue weighted by Gasteiger charge is -2.23. The predicted octanol–water partition coefficient (Wildman–Crippen LogP) is 0.568. The van der Waals surface area contributed by atoms with Crippen LogP contribution in [0.5, 0.6) is 0 Å². The summed E-state index contributed by atoms with van der Waals surface area (Å²) in [5.41, 5.74) is 0.500. The average Bonchev–Trinajstić information content (AvgIpc) is 2.81. The number of likely N-dealkylation sites (N-methyl/N-ethyl adjacent to an activating group) is 1. The molecule has 1 unspecified atom stereocenters. The van der Waals surface area contributed by atoms with Gasteiger partial charge in [0.1, 0.15) is 4.88 Å². The fraction of sp³-hybridized carbons (Fsp3) is 0.600. The second-order valence-electron chi connectivity index (χ2n) is 3.88. The number of rotatable bonds is 3. The van der Waals surface area contributed by atoms with E-state index in [2.05, 4.69) is 4.98 Å². The second kappa shape index (κ2) is 4.59. The van der Waals surface area contributed by atoms with Gasteiger partial charge in [0.05, 0.1) is 5.69 Å². The van der Waals surface area contributed by atoms with Crippen LogP contribution in [0.15, 0.2) is 0 Å². The predicted molar refractivity (Wildman–Crippen MR) is 64.4 cm³/mol. The quantitative estimate of drug-likeness (QED) is 0.824. The summed E-state index contributed by atoms with van der Waals surface area (Å²) in [6.45, 7) is 5.83. The zero-order valence-electron chi connectivity index (χ0n) is 9.75. The van der Waals surface area contributed by atoms with Gasteiger partial charge in [-0.1, -0.05) is 18.3 Å². The van der Waals surface area contributed by atoms with E-state index in [9.17, 15) is 9.90 Å². The van der Waals surface area contributed by atoms with Crippen LogP contribution < -0.4 is 4.90 Å². The Morgan fingerprint density at radius 3 is 2.76 bits per heavy atom. The van der Waals surface area contributed by atoms with Gasteiger partial charge in [-0.25, -0.2) is 9.78 Å². The number of carbonyl (C=O) groups is 1. The molecule has 2 rings (SSSR count). The Bertz CT molecular complexity index is 434. The topological polar surface area (TPSA) is 76.9 Å². The number of aliphatic hydroxyl groups is 1. The Morgan fingerprint density at radius 2 is 2.29 bits per heavy atom. The first-order chi connectivity index (χ1) is 8.04. The van der Waals surface area contributed by atoms with Crippen molar-refractivity contribution in [2.75, 3.05) is 24.5 Å². The van der Waals surface area contributed by atoms with Crippen molar-refractivity contribution in [2.45, 2.75) is 20.2 Å². The highest BCUT2D eigenvalue weighted by atomic mass is 32.1. The lowest BCUT2D eigenvalue weighted by atomic mass is 10.4. The van der Waals surface area contributed by atoms with Gasteiger partial charge >= 0.3 is 5.97 Å². The number of carboxylic acid groups (broad SMARTS) is 1. The van der Waals surface area contributed by atoms with E-state index in [-0.39, 0.29) is 4.88 Å². The summed E-state index contributed by atoms with van der Waals surface area (Å²) in [6.07, 6.45) is -0.702. The highest BCUT2D eigenvalue weighted by molar-refractivity contribution is 7.17. The van der Waals surface area contributed by atoms with Crippen molar-refractivity contribution in [1.29, 1.82) is 0 Å². The molecule has 0 bridgehead atoms. The fourth-order valence-electron chi connectivity index (χ4n) is 1.88. The number of aliphatic hydroxyl groups excluding tert-OH is 1. The van der Waals surface area contributed by atoms with Crippen molar-refractivity contribution in [3.8, 4) is 0 Å². The first-order valence-corrected chi connectivity index (χ1v) is 6.25.